The minimum absolute atomic E-state index is 0.0316. The topological polar surface area (TPSA) is 38.3 Å². The Bertz CT molecular complexity index is 750. The molecule has 0 saturated carbocycles. The van der Waals surface area contributed by atoms with Crippen LogP contribution in [0.4, 0.5) is 0 Å². The third-order valence-corrected chi connectivity index (χ3v) is 5.59. The summed E-state index contributed by atoms with van der Waals surface area (Å²) in [6.45, 7) is 1.10. The lowest BCUT2D eigenvalue weighted by atomic mass is 9.90. The van der Waals surface area contributed by atoms with Crippen LogP contribution >= 0.6 is 0 Å². The number of fused-ring (bicyclic) bond motifs is 1. The Morgan fingerprint density at radius 1 is 1.04 bits per heavy atom. The van der Waals surface area contributed by atoms with Gasteiger partial charge in [-0.3, -0.25) is 4.79 Å². The van der Waals surface area contributed by atoms with E-state index in [9.17, 15) is 4.79 Å². The third-order valence-electron chi connectivity index (χ3n) is 5.59. The maximum atomic E-state index is 12.1. The predicted octanol–water partition coefficient (Wildman–Crippen LogP) is 4.86. The van der Waals surface area contributed by atoms with Crippen LogP contribution in [0.3, 0.4) is 0 Å². The molecule has 2 atom stereocenters. The zero-order valence-corrected chi connectivity index (χ0v) is 15.2. The smallest absolute Gasteiger partial charge is 0.163 e. The van der Waals surface area contributed by atoms with Gasteiger partial charge in [-0.1, -0.05) is 36.8 Å². The van der Waals surface area contributed by atoms with E-state index >= 15 is 0 Å². The van der Waals surface area contributed by atoms with Gasteiger partial charge in [0, 0.05) is 24.4 Å². The summed E-state index contributed by atoms with van der Waals surface area (Å²) in [6, 6.07) is 17.0. The highest BCUT2D eigenvalue weighted by Crippen LogP contribution is 2.31. The van der Waals surface area contributed by atoms with Gasteiger partial charge in [0.2, 0.25) is 0 Å². The van der Waals surface area contributed by atoms with E-state index in [0.717, 1.165) is 42.7 Å². The average molecular weight is 349 g/mol. The van der Waals surface area contributed by atoms with Crippen LogP contribution < -0.4 is 10.1 Å². The number of hydrogen-bond acceptors (Lipinski definition) is 3. The Morgan fingerprint density at radius 2 is 1.92 bits per heavy atom. The molecule has 3 heteroatoms. The number of hydrogen-bond donors (Lipinski definition) is 1. The summed E-state index contributed by atoms with van der Waals surface area (Å²) in [5.74, 6) is 1.15. The standard InChI is InChI=1S/C23H27NO2/c25-22-11-6-9-18-15-20(12-13-21(18)22)26-23(17-7-2-1-3-8-17)16-19-10-4-5-14-24-19/h1-3,7-8,12-13,15,19,23-24H,4-6,9-11,14,16H2. The molecule has 0 aromatic heterocycles. The number of rotatable bonds is 5. The maximum Gasteiger partial charge on any atom is 0.163 e. The van der Waals surface area contributed by atoms with Crippen LogP contribution in [0.5, 0.6) is 5.75 Å². The number of piperidine rings is 1. The number of carbonyl (C=O) groups is 1. The van der Waals surface area contributed by atoms with Crippen molar-refractivity contribution < 1.29 is 9.53 Å². The number of benzene rings is 2. The number of aryl methyl sites for hydroxylation is 1. The molecule has 2 aromatic rings. The molecule has 2 aliphatic rings. The quantitative estimate of drug-likeness (QED) is 0.838. The summed E-state index contributed by atoms with van der Waals surface area (Å²) < 4.78 is 6.45. The number of ketones is 1. The monoisotopic (exact) mass is 349 g/mol. The Labute approximate surface area is 155 Å². The number of nitrogens with one attached hydrogen (secondary N) is 1. The molecule has 0 amide bonds. The average Bonchev–Trinajstić information content (AvgIpc) is 2.69. The van der Waals surface area contributed by atoms with E-state index in [1.54, 1.807) is 0 Å². The van der Waals surface area contributed by atoms with Gasteiger partial charge >= 0.3 is 0 Å². The summed E-state index contributed by atoms with van der Waals surface area (Å²) in [5.41, 5.74) is 3.24. The van der Waals surface area contributed by atoms with E-state index < -0.39 is 0 Å². The molecule has 0 radical (unpaired) electrons. The summed E-state index contributed by atoms with van der Waals surface area (Å²) in [5, 5.41) is 3.64. The first-order chi connectivity index (χ1) is 12.8. The molecule has 1 aliphatic carbocycles. The largest absolute Gasteiger partial charge is 0.486 e. The summed E-state index contributed by atoms with van der Waals surface area (Å²) in [6.07, 6.45) is 7.37. The lowest BCUT2D eigenvalue weighted by molar-refractivity contribution is 0.0972. The molecule has 0 bridgehead atoms. The molecular weight excluding hydrogens is 322 g/mol. The second kappa shape index (κ2) is 8.05. The molecule has 1 N–H and O–H groups in total. The molecule has 0 spiro atoms. The van der Waals surface area contributed by atoms with E-state index in [2.05, 4.69) is 35.6 Å². The molecule has 26 heavy (non-hydrogen) atoms. The molecule has 136 valence electrons. The van der Waals surface area contributed by atoms with Crippen LogP contribution in [0, 0.1) is 0 Å². The van der Waals surface area contributed by atoms with Gasteiger partial charge in [0.05, 0.1) is 0 Å². The molecule has 1 saturated heterocycles. The van der Waals surface area contributed by atoms with Crippen LogP contribution in [-0.2, 0) is 6.42 Å². The zero-order chi connectivity index (χ0) is 17.8. The van der Waals surface area contributed by atoms with E-state index in [-0.39, 0.29) is 11.9 Å². The van der Waals surface area contributed by atoms with Crippen LogP contribution in [0.15, 0.2) is 48.5 Å². The highest BCUT2D eigenvalue weighted by Gasteiger charge is 2.23. The first-order valence-corrected chi connectivity index (χ1v) is 9.91. The van der Waals surface area contributed by atoms with Gasteiger partial charge in [-0.15, -0.1) is 0 Å². The van der Waals surface area contributed by atoms with Gasteiger partial charge in [0.15, 0.2) is 5.78 Å². The van der Waals surface area contributed by atoms with E-state index in [1.165, 1.54) is 24.8 Å². The van der Waals surface area contributed by atoms with E-state index in [0.29, 0.717) is 12.5 Å². The second-order valence-electron chi connectivity index (χ2n) is 7.50. The Kier molecular flexibility index (Phi) is 5.35. The van der Waals surface area contributed by atoms with Crippen molar-refractivity contribution >= 4 is 5.78 Å². The highest BCUT2D eigenvalue weighted by atomic mass is 16.5. The first-order valence-electron chi connectivity index (χ1n) is 9.91. The predicted molar refractivity (Wildman–Crippen MR) is 104 cm³/mol. The fourth-order valence-corrected chi connectivity index (χ4v) is 4.16. The van der Waals surface area contributed by atoms with Gasteiger partial charge in [-0.05, 0) is 61.6 Å². The third kappa shape index (κ3) is 3.99. The Balaban J connectivity index is 1.55. The van der Waals surface area contributed by atoms with Gasteiger partial charge in [-0.2, -0.15) is 0 Å². The van der Waals surface area contributed by atoms with Crippen molar-refractivity contribution in [3.8, 4) is 5.75 Å². The molecule has 2 unspecified atom stereocenters. The lowest BCUT2D eigenvalue weighted by Gasteiger charge is -2.29. The van der Waals surface area contributed by atoms with Gasteiger partial charge in [0.1, 0.15) is 11.9 Å². The summed E-state index contributed by atoms with van der Waals surface area (Å²) >= 11 is 0. The maximum absolute atomic E-state index is 12.1. The molecule has 3 nitrogen and oxygen atoms in total. The SMILES string of the molecule is O=C1CCCc2cc(OC(CC3CCCCN3)c3ccccc3)ccc21. The fourth-order valence-electron chi connectivity index (χ4n) is 4.16. The zero-order valence-electron chi connectivity index (χ0n) is 15.2. The van der Waals surface area contributed by atoms with Crippen molar-refractivity contribution in [3.63, 3.8) is 0 Å². The van der Waals surface area contributed by atoms with Crippen molar-refractivity contribution in [2.45, 2.75) is 57.1 Å². The van der Waals surface area contributed by atoms with E-state index in [1.807, 2.05) is 18.2 Å². The lowest BCUT2D eigenvalue weighted by Crippen LogP contribution is -2.36. The number of ether oxygens (including phenoxy) is 1. The van der Waals surface area contributed by atoms with Crippen molar-refractivity contribution in [3.05, 3.63) is 65.2 Å². The summed E-state index contributed by atoms with van der Waals surface area (Å²) in [7, 11) is 0. The second-order valence-corrected chi connectivity index (χ2v) is 7.50. The normalized spacial score (nSPS) is 21.1. The minimum Gasteiger partial charge on any atom is -0.486 e. The fraction of sp³-hybridized carbons (Fsp3) is 0.435. The van der Waals surface area contributed by atoms with Crippen LogP contribution in [0.2, 0.25) is 0 Å². The van der Waals surface area contributed by atoms with Crippen molar-refractivity contribution in [2.24, 2.45) is 0 Å². The van der Waals surface area contributed by atoms with Crippen molar-refractivity contribution in [1.29, 1.82) is 0 Å². The Hall–Kier alpha value is -2.13. The van der Waals surface area contributed by atoms with Crippen molar-refractivity contribution in [2.75, 3.05) is 6.54 Å². The molecule has 1 fully saturated rings. The van der Waals surface area contributed by atoms with Crippen LogP contribution in [-0.4, -0.2) is 18.4 Å². The number of carbonyl (C=O) groups excluding carboxylic acids is 1. The van der Waals surface area contributed by atoms with Crippen molar-refractivity contribution in [1.82, 2.24) is 5.32 Å². The minimum atomic E-state index is 0.0316. The molecule has 1 aliphatic heterocycles. The van der Waals surface area contributed by atoms with Gasteiger partial charge < -0.3 is 10.1 Å². The highest BCUT2D eigenvalue weighted by molar-refractivity contribution is 5.98. The molecule has 4 rings (SSSR count). The molecule has 1 heterocycles. The van der Waals surface area contributed by atoms with Crippen LogP contribution in [0.25, 0.3) is 0 Å². The van der Waals surface area contributed by atoms with Crippen LogP contribution in [0.1, 0.15) is 66.1 Å². The number of Topliss-reactive ketones (excluding diaryl/α,β-unsaturated/α-hetero) is 1. The Morgan fingerprint density at radius 3 is 2.73 bits per heavy atom. The van der Waals surface area contributed by atoms with Gasteiger partial charge in [0.25, 0.3) is 0 Å². The van der Waals surface area contributed by atoms with Gasteiger partial charge in [-0.25, -0.2) is 0 Å². The molecule has 2 aromatic carbocycles. The van der Waals surface area contributed by atoms with E-state index in [4.69, 9.17) is 4.74 Å². The summed E-state index contributed by atoms with van der Waals surface area (Å²) in [4.78, 5) is 12.1. The molecular formula is C23H27NO2. The first kappa shape index (κ1) is 17.3.